The number of anilines is 1. The predicted molar refractivity (Wildman–Crippen MR) is 72.6 cm³/mol. The van der Waals surface area contributed by atoms with Crippen LogP contribution < -0.4 is 4.90 Å². The monoisotopic (exact) mass is 265 g/mol. The standard InChI is InChI=1S/C14H19NO4/c1-10-4-3-5-11(2)14(10)15(8-6-12(16)17)9-7-13(18)19/h3-5H,6-9H2,1-2H3,(H,16,17)(H,18,19). The van der Waals surface area contributed by atoms with Crippen molar-refractivity contribution in [1.29, 1.82) is 0 Å². The number of carboxylic acid groups (broad SMARTS) is 2. The SMILES string of the molecule is Cc1cccc(C)c1N(CCC(=O)O)CCC(=O)O. The summed E-state index contributed by atoms with van der Waals surface area (Å²) in [6.07, 6.45) is -0.0131. The van der Waals surface area contributed by atoms with E-state index in [1.54, 1.807) is 0 Å². The van der Waals surface area contributed by atoms with Crippen molar-refractivity contribution in [1.82, 2.24) is 0 Å². The minimum Gasteiger partial charge on any atom is -0.481 e. The van der Waals surface area contributed by atoms with Crippen LogP contribution in [0.25, 0.3) is 0 Å². The highest BCUT2D eigenvalue weighted by Crippen LogP contribution is 2.24. The first-order valence-corrected chi connectivity index (χ1v) is 6.16. The van der Waals surface area contributed by atoms with Crippen molar-refractivity contribution in [3.63, 3.8) is 0 Å². The minimum absolute atomic E-state index is 0.00655. The quantitative estimate of drug-likeness (QED) is 0.789. The van der Waals surface area contributed by atoms with Gasteiger partial charge in [0.05, 0.1) is 12.8 Å². The molecule has 0 spiro atoms. The van der Waals surface area contributed by atoms with Crippen molar-refractivity contribution in [3.05, 3.63) is 29.3 Å². The minimum atomic E-state index is -0.883. The fourth-order valence-corrected chi connectivity index (χ4v) is 2.10. The number of hydrogen-bond acceptors (Lipinski definition) is 3. The van der Waals surface area contributed by atoms with Crippen LogP contribution >= 0.6 is 0 Å². The van der Waals surface area contributed by atoms with Crippen molar-refractivity contribution in [2.45, 2.75) is 26.7 Å². The number of aryl methyl sites for hydroxylation is 2. The third-order valence-electron chi connectivity index (χ3n) is 2.95. The molecule has 1 aromatic rings. The van der Waals surface area contributed by atoms with Crippen LogP contribution in [0.1, 0.15) is 24.0 Å². The maximum atomic E-state index is 10.7. The Labute approximate surface area is 112 Å². The Balaban J connectivity index is 2.93. The zero-order chi connectivity index (χ0) is 14.4. The van der Waals surface area contributed by atoms with Gasteiger partial charge in [-0.1, -0.05) is 18.2 Å². The van der Waals surface area contributed by atoms with Gasteiger partial charge in [0.1, 0.15) is 0 Å². The van der Waals surface area contributed by atoms with Crippen LogP contribution in [-0.4, -0.2) is 35.2 Å². The molecule has 0 fully saturated rings. The van der Waals surface area contributed by atoms with E-state index in [0.717, 1.165) is 16.8 Å². The number of nitrogens with zero attached hydrogens (tertiary/aromatic N) is 1. The van der Waals surface area contributed by atoms with Gasteiger partial charge in [0, 0.05) is 18.8 Å². The van der Waals surface area contributed by atoms with Crippen molar-refractivity contribution in [3.8, 4) is 0 Å². The van der Waals surface area contributed by atoms with Crippen molar-refractivity contribution >= 4 is 17.6 Å². The molecule has 0 radical (unpaired) electrons. The van der Waals surface area contributed by atoms with Gasteiger partial charge in [-0.05, 0) is 25.0 Å². The molecule has 0 aliphatic heterocycles. The fraction of sp³-hybridized carbons (Fsp3) is 0.429. The number of rotatable bonds is 7. The van der Waals surface area contributed by atoms with Crippen molar-refractivity contribution in [2.24, 2.45) is 0 Å². The summed E-state index contributed by atoms with van der Waals surface area (Å²) in [5.74, 6) is -1.77. The third kappa shape index (κ3) is 4.62. The molecule has 2 N–H and O–H groups in total. The topological polar surface area (TPSA) is 77.8 Å². The van der Waals surface area contributed by atoms with Gasteiger partial charge in [-0.2, -0.15) is 0 Å². The molecule has 0 bridgehead atoms. The first-order valence-electron chi connectivity index (χ1n) is 6.16. The lowest BCUT2D eigenvalue weighted by Gasteiger charge is -2.27. The lowest BCUT2D eigenvalue weighted by atomic mass is 10.1. The molecule has 1 aromatic carbocycles. The summed E-state index contributed by atoms with van der Waals surface area (Å²) in [5, 5.41) is 17.6. The largest absolute Gasteiger partial charge is 0.481 e. The van der Waals surface area contributed by atoms with Gasteiger partial charge in [0.2, 0.25) is 0 Å². The van der Waals surface area contributed by atoms with E-state index in [2.05, 4.69) is 0 Å². The molecule has 0 aliphatic carbocycles. The molecule has 0 saturated carbocycles. The lowest BCUT2D eigenvalue weighted by Crippen LogP contribution is -2.30. The Hall–Kier alpha value is -2.04. The summed E-state index contributed by atoms with van der Waals surface area (Å²) < 4.78 is 0. The number of benzene rings is 1. The number of para-hydroxylation sites is 1. The number of carbonyl (C=O) groups is 2. The van der Waals surface area contributed by atoms with E-state index >= 15 is 0 Å². The van der Waals surface area contributed by atoms with E-state index in [1.165, 1.54) is 0 Å². The first-order chi connectivity index (χ1) is 8.91. The van der Waals surface area contributed by atoms with E-state index in [4.69, 9.17) is 10.2 Å². The first kappa shape index (κ1) is 15.0. The highest BCUT2D eigenvalue weighted by atomic mass is 16.4. The summed E-state index contributed by atoms with van der Waals surface area (Å²) >= 11 is 0. The molecule has 0 amide bonds. The zero-order valence-corrected chi connectivity index (χ0v) is 11.2. The molecule has 0 unspecified atom stereocenters. The molecule has 0 aliphatic rings. The Morgan fingerprint density at radius 1 is 1.00 bits per heavy atom. The van der Waals surface area contributed by atoms with Gasteiger partial charge in [-0.25, -0.2) is 0 Å². The highest BCUT2D eigenvalue weighted by Gasteiger charge is 2.14. The van der Waals surface area contributed by atoms with Crippen LogP contribution in [0.3, 0.4) is 0 Å². The summed E-state index contributed by atoms with van der Waals surface area (Å²) in [5.41, 5.74) is 2.98. The Morgan fingerprint density at radius 3 is 1.79 bits per heavy atom. The number of aliphatic carboxylic acids is 2. The van der Waals surface area contributed by atoms with Crippen molar-refractivity contribution in [2.75, 3.05) is 18.0 Å². The van der Waals surface area contributed by atoms with E-state index in [9.17, 15) is 9.59 Å². The molecule has 104 valence electrons. The van der Waals surface area contributed by atoms with Gasteiger partial charge >= 0.3 is 11.9 Å². The van der Waals surface area contributed by atoms with E-state index in [1.807, 2.05) is 36.9 Å². The Kier molecular flexibility index (Phi) is 5.36. The highest BCUT2D eigenvalue weighted by molar-refractivity contribution is 5.70. The molecule has 5 heteroatoms. The molecule has 5 nitrogen and oxygen atoms in total. The number of carboxylic acids is 2. The van der Waals surface area contributed by atoms with Crippen LogP contribution in [0.2, 0.25) is 0 Å². The van der Waals surface area contributed by atoms with Crippen LogP contribution in [-0.2, 0) is 9.59 Å². The van der Waals surface area contributed by atoms with Crippen LogP contribution in [0.4, 0.5) is 5.69 Å². The molecular formula is C14H19NO4. The van der Waals surface area contributed by atoms with Crippen molar-refractivity contribution < 1.29 is 19.8 Å². The van der Waals surface area contributed by atoms with Gasteiger partial charge in [-0.3, -0.25) is 9.59 Å². The Morgan fingerprint density at radius 2 is 1.42 bits per heavy atom. The van der Waals surface area contributed by atoms with E-state index in [0.29, 0.717) is 13.1 Å². The molecule has 1 rings (SSSR count). The molecular weight excluding hydrogens is 246 g/mol. The second-order valence-electron chi connectivity index (χ2n) is 4.51. The van der Waals surface area contributed by atoms with Gasteiger partial charge in [0.15, 0.2) is 0 Å². The lowest BCUT2D eigenvalue weighted by molar-refractivity contribution is -0.137. The van der Waals surface area contributed by atoms with Crippen LogP contribution in [0.5, 0.6) is 0 Å². The average Bonchev–Trinajstić information content (AvgIpc) is 2.30. The predicted octanol–water partition coefficient (Wildman–Crippen LogP) is 2.06. The molecule has 0 saturated heterocycles. The van der Waals surface area contributed by atoms with Gasteiger partial charge in [-0.15, -0.1) is 0 Å². The molecule has 0 heterocycles. The molecule has 0 atom stereocenters. The Bertz CT molecular complexity index is 432. The maximum absolute atomic E-state index is 10.7. The zero-order valence-electron chi connectivity index (χ0n) is 11.2. The second-order valence-corrected chi connectivity index (χ2v) is 4.51. The van der Waals surface area contributed by atoms with E-state index in [-0.39, 0.29) is 12.8 Å². The summed E-state index contributed by atoms with van der Waals surface area (Å²) in [7, 11) is 0. The summed E-state index contributed by atoms with van der Waals surface area (Å²) in [4.78, 5) is 23.2. The van der Waals surface area contributed by atoms with Gasteiger partial charge < -0.3 is 15.1 Å². The molecule has 0 aromatic heterocycles. The third-order valence-corrected chi connectivity index (χ3v) is 2.95. The van der Waals surface area contributed by atoms with Crippen LogP contribution in [0, 0.1) is 13.8 Å². The van der Waals surface area contributed by atoms with Crippen LogP contribution in [0.15, 0.2) is 18.2 Å². The van der Waals surface area contributed by atoms with E-state index < -0.39 is 11.9 Å². The molecule has 19 heavy (non-hydrogen) atoms. The smallest absolute Gasteiger partial charge is 0.305 e. The summed E-state index contributed by atoms with van der Waals surface area (Å²) in [6, 6.07) is 5.81. The average molecular weight is 265 g/mol. The number of hydrogen-bond donors (Lipinski definition) is 2. The fourth-order valence-electron chi connectivity index (χ4n) is 2.10. The normalized spacial score (nSPS) is 10.2. The van der Waals surface area contributed by atoms with Gasteiger partial charge in [0.25, 0.3) is 0 Å². The maximum Gasteiger partial charge on any atom is 0.305 e. The second kappa shape index (κ2) is 6.78. The summed E-state index contributed by atoms with van der Waals surface area (Å²) in [6.45, 7) is 4.51.